The van der Waals surface area contributed by atoms with Crippen molar-refractivity contribution in [3.05, 3.63) is 24.3 Å². The summed E-state index contributed by atoms with van der Waals surface area (Å²) in [6, 6.07) is 6.92. The fourth-order valence-electron chi connectivity index (χ4n) is 7.73. The fourth-order valence-corrected chi connectivity index (χ4v) is 9.21. The van der Waals surface area contributed by atoms with Crippen molar-refractivity contribution in [2.24, 2.45) is 29.1 Å². The number of aliphatic hydroxyl groups excluding tert-OH is 1. The summed E-state index contributed by atoms with van der Waals surface area (Å²) in [4.78, 5) is 0.302. The molecule has 0 aromatic heterocycles. The van der Waals surface area contributed by atoms with Gasteiger partial charge in [0.15, 0.2) is 0 Å². The molecule has 2 saturated carbocycles. The molecule has 6 atom stereocenters. The topological polar surface area (TPSA) is 88.1 Å². The summed E-state index contributed by atoms with van der Waals surface area (Å²) in [6.07, 6.45) is 6.69. The Bertz CT molecular complexity index is 946. The first-order chi connectivity index (χ1) is 15.9. The molecule has 4 aliphatic rings. The Balaban J connectivity index is 1.36. The van der Waals surface area contributed by atoms with E-state index in [0.717, 1.165) is 38.6 Å². The van der Waals surface area contributed by atoms with Gasteiger partial charge in [-0.2, -0.15) is 4.31 Å². The standard InChI is InChI=1S/C25H38N2O5S/c1-31-18-4-3-5-20(14-18)33(29,30)27-10-8-25(9-11-27)16-26-23(15-28)22-13-17-12-19(32-2)6-7-21(17)24(22)25/h3-5,14,17,19,21-24,26,28H,6-13,15-16H2,1-2H3/t17?,19?,21?,22?,23-,24?/m1/s1. The molecule has 4 fully saturated rings. The molecule has 2 N–H and O–H groups in total. The molecule has 2 aliphatic heterocycles. The zero-order valence-corrected chi connectivity index (χ0v) is 20.6. The lowest BCUT2D eigenvalue weighted by Crippen LogP contribution is -2.61. The van der Waals surface area contributed by atoms with Crippen LogP contribution >= 0.6 is 0 Å². The van der Waals surface area contributed by atoms with E-state index >= 15 is 0 Å². The summed E-state index contributed by atoms with van der Waals surface area (Å²) in [5, 5.41) is 13.8. The van der Waals surface area contributed by atoms with Gasteiger partial charge in [0.25, 0.3) is 0 Å². The maximum absolute atomic E-state index is 13.4. The van der Waals surface area contributed by atoms with Crippen LogP contribution < -0.4 is 10.1 Å². The predicted molar refractivity (Wildman–Crippen MR) is 126 cm³/mol. The first-order valence-corrected chi connectivity index (χ1v) is 13.9. The monoisotopic (exact) mass is 478 g/mol. The number of methoxy groups -OCH3 is 2. The van der Waals surface area contributed by atoms with E-state index in [4.69, 9.17) is 9.47 Å². The van der Waals surface area contributed by atoms with Gasteiger partial charge in [0.2, 0.25) is 10.0 Å². The van der Waals surface area contributed by atoms with Crippen molar-refractivity contribution in [2.75, 3.05) is 40.5 Å². The Kier molecular flexibility index (Phi) is 6.50. The van der Waals surface area contributed by atoms with E-state index in [0.29, 0.717) is 53.5 Å². The third-order valence-corrected chi connectivity index (χ3v) is 11.3. The number of piperidine rings is 2. The van der Waals surface area contributed by atoms with Gasteiger partial charge in [-0.3, -0.25) is 0 Å². The maximum atomic E-state index is 13.4. The molecule has 1 aromatic rings. The van der Waals surface area contributed by atoms with Crippen LogP contribution in [0.2, 0.25) is 0 Å². The number of hydrogen-bond acceptors (Lipinski definition) is 6. The quantitative estimate of drug-likeness (QED) is 0.676. The van der Waals surface area contributed by atoms with Crippen molar-refractivity contribution in [1.29, 1.82) is 0 Å². The second kappa shape index (κ2) is 9.11. The van der Waals surface area contributed by atoms with Crippen LogP contribution in [0.1, 0.15) is 38.5 Å². The fraction of sp³-hybridized carbons (Fsp3) is 0.760. The van der Waals surface area contributed by atoms with Crippen molar-refractivity contribution in [2.45, 2.75) is 55.6 Å². The third-order valence-electron chi connectivity index (χ3n) is 9.36. The summed E-state index contributed by atoms with van der Waals surface area (Å²) in [5.74, 6) is 2.90. The van der Waals surface area contributed by atoms with E-state index in [-0.39, 0.29) is 18.1 Å². The highest BCUT2D eigenvalue weighted by atomic mass is 32.2. The molecule has 1 spiro atoms. The second-order valence-corrected chi connectivity index (χ2v) is 12.6. The minimum atomic E-state index is -3.55. The van der Waals surface area contributed by atoms with Crippen LogP contribution in [-0.2, 0) is 14.8 Å². The molecular formula is C25H38N2O5S. The molecular weight excluding hydrogens is 440 g/mol. The number of aliphatic hydroxyl groups is 1. The summed E-state index contributed by atoms with van der Waals surface area (Å²) < 4.78 is 39.3. The van der Waals surface area contributed by atoms with E-state index in [1.807, 2.05) is 7.11 Å². The van der Waals surface area contributed by atoms with E-state index in [1.165, 1.54) is 6.42 Å². The molecule has 5 rings (SSSR count). The van der Waals surface area contributed by atoms with Gasteiger partial charge in [0.1, 0.15) is 5.75 Å². The number of nitrogens with one attached hydrogen (secondary N) is 1. The molecule has 1 aromatic carbocycles. The second-order valence-electron chi connectivity index (χ2n) is 10.6. The molecule has 2 heterocycles. The Morgan fingerprint density at radius 3 is 2.64 bits per heavy atom. The Morgan fingerprint density at radius 1 is 1.15 bits per heavy atom. The van der Waals surface area contributed by atoms with E-state index in [1.54, 1.807) is 35.7 Å². The molecule has 0 amide bonds. The smallest absolute Gasteiger partial charge is 0.243 e. The number of rotatable bonds is 5. The third kappa shape index (κ3) is 4.01. The molecule has 33 heavy (non-hydrogen) atoms. The van der Waals surface area contributed by atoms with Crippen molar-refractivity contribution >= 4 is 10.0 Å². The zero-order valence-electron chi connectivity index (χ0n) is 19.8. The van der Waals surface area contributed by atoms with Gasteiger partial charge in [0.05, 0.1) is 24.7 Å². The van der Waals surface area contributed by atoms with Gasteiger partial charge >= 0.3 is 0 Å². The summed E-state index contributed by atoms with van der Waals surface area (Å²) in [5.41, 5.74) is 0.107. The Morgan fingerprint density at radius 2 is 1.94 bits per heavy atom. The molecule has 0 bridgehead atoms. The number of ether oxygens (including phenoxy) is 2. The first kappa shape index (κ1) is 23.5. The van der Waals surface area contributed by atoms with Crippen LogP contribution in [0.15, 0.2) is 29.2 Å². The average molecular weight is 479 g/mol. The molecule has 8 heteroatoms. The van der Waals surface area contributed by atoms with E-state index in [2.05, 4.69) is 5.32 Å². The van der Waals surface area contributed by atoms with Gasteiger partial charge in [-0.15, -0.1) is 0 Å². The highest BCUT2D eigenvalue weighted by Crippen LogP contribution is 2.60. The van der Waals surface area contributed by atoms with Gasteiger partial charge < -0.3 is 19.9 Å². The minimum Gasteiger partial charge on any atom is -0.497 e. The first-order valence-electron chi connectivity index (χ1n) is 12.4. The Hall–Kier alpha value is -1.19. The molecule has 5 unspecified atom stereocenters. The maximum Gasteiger partial charge on any atom is 0.243 e. The summed E-state index contributed by atoms with van der Waals surface area (Å²) in [7, 11) is -0.168. The normalized spacial score (nSPS) is 36.3. The SMILES string of the molecule is COc1cccc(S(=O)(=O)N2CCC3(CC2)CN[C@H](CO)C2CC4CC(OC)CCC4C23)c1. The van der Waals surface area contributed by atoms with Gasteiger partial charge in [0, 0.05) is 38.9 Å². The van der Waals surface area contributed by atoms with Crippen LogP contribution in [0.5, 0.6) is 5.75 Å². The van der Waals surface area contributed by atoms with E-state index in [9.17, 15) is 13.5 Å². The number of fused-ring (bicyclic) bond motifs is 4. The van der Waals surface area contributed by atoms with Gasteiger partial charge in [-0.1, -0.05) is 6.07 Å². The van der Waals surface area contributed by atoms with Gasteiger partial charge in [-0.05, 0) is 79.7 Å². The van der Waals surface area contributed by atoms with Gasteiger partial charge in [-0.25, -0.2) is 8.42 Å². The van der Waals surface area contributed by atoms with E-state index < -0.39 is 10.0 Å². The molecule has 0 radical (unpaired) electrons. The number of benzene rings is 1. The number of sulfonamides is 1. The summed E-state index contributed by atoms with van der Waals surface area (Å²) >= 11 is 0. The van der Waals surface area contributed by atoms with Crippen LogP contribution in [0, 0.1) is 29.1 Å². The Labute approximate surface area is 197 Å². The highest BCUT2D eigenvalue weighted by Gasteiger charge is 2.59. The lowest BCUT2D eigenvalue weighted by atomic mass is 9.57. The minimum absolute atomic E-state index is 0.107. The number of hydrogen-bond donors (Lipinski definition) is 2. The van der Waals surface area contributed by atoms with Crippen LogP contribution in [-0.4, -0.2) is 70.4 Å². The van der Waals surface area contributed by atoms with Crippen molar-refractivity contribution in [3.63, 3.8) is 0 Å². The molecule has 184 valence electrons. The lowest BCUT2D eigenvalue weighted by molar-refractivity contribution is -0.0428. The molecule has 2 saturated heterocycles. The summed E-state index contributed by atoms with van der Waals surface area (Å²) in [6.45, 7) is 2.16. The average Bonchev–Trinajstić information content (AvgIpc) is 3.24. The largest absolute Gasteiger partial charge is 0.497 e. The van der Waals surface area contributed by atoms with Crippen molar-refractivity contribution in [1.82, 2.24) is 9.62 Å². The number of nitrogens with zero attached hydrogens (tertiary/aromatic N) is 1. The van der Waals surface area contributed by atoms with Crippen molar-refractivity contribution < 1.29 is 23.0 Å². The molecule has 7 nitrogen and oxygen atoms in total. The van der Waals surface area contributed by atoms with Crippen molar-refractivity contribution in [3.8, 4) is 5.75 Å². The lowest BCUT2D eigenvalue weighted by Gasteiger charge is -2.54. The van der Waals surface area contributed by atoms with Crippen LogP contribution in [0.25, 0.3) is 0 Å². The zero-order chi connectivity index (χ0) is 23.2. The van der Waals surface area contributed by atoms with Crippen LogP contribution in [0.4, 0.5) is 0 Å². The van der Waals surface area contributed by atoms with Crippen LogP contribution in [0.3, 0.4) is 0 Å². The molecule has 2 aliphatic carbocycles. The predicted octanol–water partition coefficient (Wildman–Crippen LogP) is 2.50. The highest BCUT2D eigenvalue weighted by molar-refractivity contribution is 7.89.